The zero-order chi connectivity index (χ0) is 16.2. The number of rotatable bonds is 4. The van der Waals surface area contributed by atoms with E-state index in [-0.39, 0.29) is 12.1 Å². The van der Waals surface area contributed by atoms with E-state index in [0.29, 0.717) is 17.4 Å². The van der Waals surface area contributed by atoms with Crippen molar-refractivity contribution < 1.29 is 9.21 Å². The summed E-state index contributed by atoms with van der Waals surface area (Å²) in [5.41, 5.74) is 0.319. The van der Waals surface area contributed by atoms with E-state index in [4.69, 9.17) is 9.68 Å². The molecule has 1 saturated carbocycles. The van der Waals surface area contributed by atoms with E-state index in [9.17, 15) is 4.79 Å². The molecule has 0 spiro atoms. The molecule has 0 aromatic carbocycles. The van der Waals surface area contributed by atoms with E-state index in [2.05, 4.69) is 10.3 Å². The van der Waals surface area contributed by atoms with Gasteiger partial charge in [-0.3, -0.25) is 5.32 Å². The van der Waals surface area contributed by atoms with Crippen LogP contribution in [0.5, 0.6) is 0 Å². The number of carbonyl (C=O) groups is 1. The number of urea groups is 1. The number of aryl methyl sites for hydroxylation is 1. The number of nitrogens with zero attached hydrogens (tertiary/aromatic N) is 3. The van der Waals surface area contributed by atoms with Crippen LogP contribution < -0.4 is 5.32 Å². The first-order valence-corrected chi connectivity index (χ1v) is 8.52. The van der Waals surface area contributed by atoms with Crippen molar-refractivity contribution in [2.75, 3.05) is 5.32 Å². The first kappa shape index (κ1) is 15.6. The van der Waals surface area contributed by atoms with Crippen LogP contribution in [0.1, 0.15) is 42.9 Å². The molecule has 0 atom stereocenters. The summed E-state index contributed by atoms with van der Waals surface area (Å²) in [5.74, 6) is 1.62. The van der Waals surface area contributed by atoms with Gasteiger partial charge in [-0.25, -0.2) is 9.78 Å². The maximum Gasteiger partial charge on any atom is 0.324 e. The van der Waals surface area contributed by atoms with Crippen molar-refractivity contribution in [2.24, 2.45) is 0 Å². The van der Waals surface area contributed by atoms with Crippen molar-refractivity contribution in [2.45, 2.75) is 45.2 Å². The Bertz CT molecular complexity index is 725. The Morgan fingerprint density at radius 3 is 2.91 bits per heavy atom. The van der Waals surface area contributed by atoms with Gasteiger partial charge in [-0.15, -0.1) is 11.3 Å². The molecule has 2 aromatic heterocycles. The SMILES string of the molecule is Cc1ccc(CN(C(=O)Nc2nc(C#N)cs2)C2CCCC2)o1. The molecule has 2 heterocycles. The van der Waals surface area contributed by atoms with Gasteiger partial charge in [-0.05, 0) is 31.9 Å². The van der Waals surface area contributed by atoms with Crippen molar-refractivity contribution in [1.82, 2.24) is 9.88 Å². The lowest BCUT2D eigenvalue weighted by atomic mass is 10.2. The van der Waals surface area contributed by atoms with E-state index in [1.165, 1.54) is 11.3 Å². The van der Waals surface area contributed by atoms with Gasteiger partial charge >= 0.3 is 6.03 Å². The lowest BCUT2D eigenvalue weighted by Crippen LogP contribution is -2.41. The molecule has 1 aliphatic carbocycles. The molecule has 1 fully saturated rings. The summed E-state index contributed by atoms with van der Waals surface area (Å²) in [6.07, 6.45) is 4.30. The van der Waals surface area contributed by atoms with Crippen LogP contribution in [0.3, 0.4) is 0 Å². The molecule has 1 aliphatic rings. The Morgan fingerprint density at radius 1 is 1.52 bits per heavy atom. The van der Waals surface area contributed by atoms with Gasteiger partial charge in [-0.2, -0.15) is 5.26 Å². The number of anilines is 1. The predicted molar refractivity (Wildman–Crippen MR) is 87.1 cm³/mol. The second-order valence-corrected chi connectivity index (χ2v) is 6.52. The summed E-state index contributed by atoms with van der Waals surface area (Å²) < 4.78 is 5.62. The highest BCUT2D eigenvalue weighted by Crippen LogP contribution is 2.26. The van der Waals surface area contributed by atoms with Crippen molar-refractivity contribution in [3.8, 4) is 6.07 Å². The Kier molecular flexibility index (Phi) is 4.63. The molecule has 3 rings (SSSR count). The van der Waals surface area contributed by atoms with Crippen molar-refractivity contribution in [3.05, 3.63) is 34.7 Å². The molecule has 2 amide bonds. The van der Waals surface area contributed by atoms with Crippen LogP contribution in [-0.2, 0) is 6.54 Å². The van der Waals surface area contributed by atoms with Gasteiger partial charge in [-0.1, -0.05) is 12.8 Å². The highest BCUT2D eigenvalue weighted by Gasteiger charge is 2.28. The van der Waals surface area contributed by atoms with E-state index in [1.54, 1.807) is 5.38 Å². The Balaban J connectivity index is 1.73. The molecular weight excluding hydrogens is 312 g/mol. The number of nitriles is 1. The van der Waals surface area contributed by atoms with E-state index in [0.717, 1.165) is 37.2 Å². The Morgan fingerprint density at radius 2 is 2.30 bits per heavy atom. The minimum absolute atomic E-state index is 0.190. The average molecular weight is 330 g/mol. The predicted octanol–water partition coefficient (Wildman–Crippen LogP) is 3.89. The van der Waals surface area contributed by atoms with Crippen LogP contribution >= 0.6 is 11.3 Å². The van der Waals surface area contributed by atoms with Crippen molar-refractivity contribution in [1.29, 1.82) is 5.26 Å². The first-order chi connectivity index (χ1) is 11.2. The third kappa shape index (κ3) is 3.71. The third-order valence-corrected chi connectivity index (χ3v) is 4.74. The van der Waals surface area contributed by atoms with Crippen LogP contribution in [0.2, 0.25) is 0 Å². The monoisotopic (exact) mass is 330 g/mol. The number of carbonyl (C=O) groups excluding carboxylic acids is 1. The summed E-state index contributed by atoms with van der Waals surface area (Å²) in [6, 6.07) is 5.80. The zero-order valence-corrected chi connectivity index (χ0v) is 13.7. The van der Waals surface area contributed by atoms with Gasteiger partial charge in [0.25, 0.3) is 0 Å². The molecule has 0 saturated heterocycles. The number of furan rings is 1. The maximum absolute atomic E-state index is 12.7. The lowest BCUT2D eigenvalue weighted by molar-refractivity contribution is 0.178. The number of amides is 2. The number of thiazole rings is 1. The quantitative estimate of drug-likeness (QED) is 0.922. The topological polar surface area (TPSA) is 82.2 Å². The molecule has 6 nitrogen and oxygen atoms in total. The summed E-state index contributed by atoms with van der Waals surface area (Å²) in [5, 5.41) is 13.7. The van der Waals surface area contributed by atoms with Gasteiger partial charge in [0.15, 0.2) is 10.8 Å². The normalized spacial score (nSPS) is 14.6. The second-order valence-electron chi connectivity index (χ2n) is 5.66. The standard InChI is InChI=1S/C16H18N4O2S/c1-11-6-7-14(22-11)9-20(13-4-2-3-5-13)16(21)19-15-18-12(8-17)10-23-15/h6-7,10,13H,2-5,9H2,1H3,(H,18,19,21). The minimum Gasteiger partial charge on any atom is -0.464 e. The van der Waals surface area contributed by atoms with E-state index in [1.807, 2.05) is 30.0 Å². The fourth-order valence-corrected chi connectivity index (χ4v) is 3.49. The van der Waals surface area contributed by atoms with Gasteiger partial charge in [0.1, 0.15) is 17.6 Å². The molecular formula is C16H18N4O2S. The first-order valence-electron chi connectivity index (χ1n) is 7.64. The number of hydrogen-bond acceptors (Lipinski definition) is 5. The van der Waals surface area contributed by atoms with Crippen LogP contribution in [-0.4, -0.2) is 22.0 Å². The van der Waals surface area contributed by atoms with E-state index >= 15 is 0 Å². The summed E-state index contributed by atoms with van der Waals surface area (Å²) in [7, 11) is 0. The van der Waals surface area contributed by atoms with Gasteiger partial charge < -0.3 is 9.32 Å². The van der Waals surface area contributed by atoms with Crippen LogP contribution in [0, 0.1) is 18.3 Å². The summed E-state index contributed by atoms with van der Waals surface area (Å²) in [4.78, 5) is 18.5. The maximum atomic E-state index is 12.7. The van der Waals surface area contributed by atoms with Crippen molar-refractivity contribution in [3.63, 3.8) is 0 Å². The smallest absolute Gasteiger partial charge is 0.324 e. The molecule has 0 radical (unpaired) electrons. The molecule has 120 valence electrons. The van der Waals surface area contributed by atoms with E-state index < -0.39 is 0 Å². The Labute approximate surface area is 138 Å². The largest absolute Gasteiger partial charge is 0.464 e. The summed E-state index contributed by atoms with van der Waals surface area (Å²) in [6.45, 7) is 2.34. The van der Waals surface area contributed by atoms with Crippen LogP contribution in [0.25, 0.3) is 0 Å². The highest BCUT2D eigenvalue weighted by molar-refractivity contribution is 7.14. The molecule has 0 aliphatic heterocycles. The fraction of sp³-hybridized carbons (Fsp3) is 0.438. The molecule has 0 unspecified atom stereocenters. The van der Waals surface area contributed by atoms with Crippen LogP contribution in [0.4, 0.5) is 9.93 Å². The van der Waals surface area contributed by atoms with Crippen molar-refractivity contribution >= 4 is 22.5 Å². The second kappa shape index (κ2) is 6.84. The number of aromatic nitrogens is 1. The highest BCUT2D eigenvalue weighted by atomic mass is 32.1. The molecule has 23 heavy (non-hydrogen) atoms. The summed E-state index contributed by atoms with van der Waals surface area (Å²) >= 11 is 1.26. The molecule has 2 aromatic rings. The Hall–Kier alpha value is -2.33. The fourth-order valence-electron chi connectivity index (χ4n) is 2.87. The minimum atomic E-state index is -0.190. The van der Waals surface area contributed by atoms with Crippen LogP contribution in [0.15, 0.2) is 21.9 Å². The average Bonchev–Trinajstić information content (AvgIpc) is 3.26. The number of hydrogen-bond donors (Lipinski definition) is 1. The van der Waals surface area contributed by atoms with Gasteiger partial charge in [0.2, 0.25) is 0 Å². The molecule has 7 heteroatoms. The lowest BCUT2D eigenvalue weighted by Gasteiger charge is -2.27. The molecule has 0 bridgehead atoms. The van der Waals surface area contributed by atoms with Gasteiger partial charge in [0.05, 0.1) is 6.54 Å². The number of nitrogens with one attached hydrogen (secondary N) is 1. The third-order valence-electron chi connectivity index (χ3n) is 3.98. The van der Waals surface area contributed by atoms with Gasteiger partial charge in [0, 0.05) is 11.4 Å². The molecule has 1 N–H and O–H groups in total. The zero-order valence-electron chi connectivity index (χ0n) is 12.9.